The predicted molar refractivity (Wildman–Crippen MR) is 50.9 cm³/mol. The van der Waals surface area contributed by atoms with Gasteiger partial charge < -0.3 is 5.32 Å². The largest absolute Gasteiger partial charge is 0.356 e. The summed E-state index contributed by atoms with van der Waals surface area (Å²) in [6, 6.07) is 0. The molecule has 1 unspecified atom stereocenters. The molecule has 66 valence electrons. The van der Waals surface area contributed by atoms with E-state index in [1.165, 1.54) is 0 Å². The van der Waals surface area contributed by atoms with E-state index in [2.05, 4.69) is 21.2 Å². The molecular formula is C8H16BrNO. The molecule has 1 amide bonds. The molecular weight excluding hydrogens is 206 g/mol. The van der Waals surface area contributed by atoms with Crippen molar-refractivity contribution < 1.29 is 4.79 Å². The number of nitrogens with one attached hydrogen (secondary N) is 1. The van der Waals surface area contributed by atoms with Gasteiger partial charge in [-0.05, 0) is 12.8 Å². The third-order valence-corrected chi connectivity index (χ3v) is 2.23. The second kappa shape index (κ2) is 6.65. The first-order chi connectivity index (χ1) is 5.22. The Labute approximate surface area is 76.9 Å². The van der Waals surface area contributed by atoms with Crippen molar-refractivity contribution in [2.75, 3.05) is 11.9 Å². The monoisotopic (exact) mass is 221 g/mol. The molecule has 0 spiro atoms. The summed E-state index contributed by atoms with van der Waals surface area (Å²) in [4.78, 5) is 11.1. The highest BCUT2D eigenvalue weighted by Gasteiger charge is 2.07. The van der Waals surface area contributed by atoms with Gasteiger partial charge in [-0.15, -0.1) is 0 Å². The van der Waals surface area contributed by atoms with Gasteiger partial charge in [0.25, 0.3) is 0 Å². The van der Waals surface area contributed by atoms with Gasteiger partial charge >= 0.3 is 0 Å². The smallest absolute Gasteiger partial charge is 0.222 e. The molecule has 0 fully saturated rings. The minimum atomic E-state index is 0.158. The van der Waals surface area contributed by atoms with Crippen LogP contribution in [0.15, 0.2) is 0 Å². The van der Waals surface area contributed by atoms with Crippen LogP contribution in [0.2, 0.25) is 0 Å². The van der Waals surface area contributed by atoms with E-state index in [0.717, 1.165) is 24.7 Å². The third-order valence-electron chi connectivity index (χ3n) is 1.67. The summed E-state index contributed by atoms with van der Waals surface area (Å²) >= 11 is 3.30. The lowest BCUT2D eigenvalue weighted by atomic mass is 10.1. The molecule has 0 aliphatic heterocycles. The molecule has 0 saturated carbocycles. The first kappa shape index (κ1) is 11.0. The maximum absolute atomic E-state index is 11.1. The van der Waals surface area contributed by atoms with E-state index < -0.39 is 0 Å². The molecule has 1 N–H and O–H groups in total. The van der Waals surface area contributed by atoms with Gasteiger partial charge in [0.05, 0.1) is 0 Å². The number of hydrogen-bond donors (Lipinski definition) is 1. The summed E-state index contributed by atoms with van der Waals surface area (Å²) in [6.45, 7) is 4.76. The third kappa shape index (κ3) is 5.24. The van der Waals surface area contributed by atoms with Crippen molar-refractivity contribution in [1.82, 2.24) is 5.32 Å². The van der Waals surface area contributed by atoms with Gasteiger partial charge in [0.1, 0.15) is 0 Å². The van der Waals surface area contributed by atoms with Gasteiger partial charge in [-0.2, -0.15) is 0 Å². The van der Waals surface area contributed by atoms with Crippen LogP contribution in [-0.4, -0.2) is 17.8 Å². The van der Waals surface area contributed by atoms with Gasteiger partial charge in [0, 0.05) is 17.8 Å². The highest BCUT2D eigenvalue weighted by molar-refractivity contribution is 9.09. The van der Waals surface area contributed by atoms with Crippen molar-refractivity contribution in [2.24, 2.45) is 5.92 Å². The van der Waals surface area contributed by atoms with Crippen LogP contribution in [0.1, 0.15) is 26.7 Å². The number of rotatable bonds is 5. The molecule has 0 aliphatic rings. The Hall–Kier alpha value is -0.0500. The van der Waals surface area contributed by atoms with Crippen LogP contribution in [0.3, 0.4) is 0 Å². The second-order valence-corrected chi connectivity index (χ2v) is 3.44. The highest BCUT2D eigenvalue weighted by atomic mass is 79.9. The van der Waals surface area contributed by atoms with Crippen molar-refractivity contribution in [3.8, 4) is 0 Å². The van der Waals surface area contributed by atoms with Crippen LogP contribution in [0.4, 0.5) is 0 Å². The Bertz CT molecular complexity index is 117. The summed E-state index contributed by atoms with van der Waals surface area (Å²) < 4.78 is 0. The second-order valence-electron chi connectivity index (χ2n) is 2.64. The summed E-state index contributed by atoms with van der Waals surface area (Å²) in [5, 5.41) is 3.82. The van der Waals surface area contributed by atoms with Crippen LogP contribution in [0.5, 0.6) is 0 Å². The normalized spacial score (nSPS) is 12.6. The number of carbonyl (C=O) groups is 1. The SMILES string of the molecule is CCC(C)C(=O)NCCCBr. The molecule has 1 atom stereocenters. The van der Waals surface area contributed by atoms with E-state index in [-0.39, 0.29) is 11.8 Å². The summed E-state index contributed by atoms with van der Waals surface area (Å²) in [6.07, 6.45) is 1.92. The summed E-state index contributed by atoms with van der Waals surface area (Å²) in [5.41, 5.74) is 0. The zero-order valence-electron chi connectivity index (χ0n) is 7.19. The lowest BCUT2D eigenvalue weighted by Crippen LogP contribution is -2.29. The van der Waals surface area contributed by atoms with E-state index in [1.807, 2.05) is 13.8 Å². The first-order valence-corrected chi connectivity index (χ1v) is 5.18. The van der Waals surface area contributed by atoms with Gasteiger partial charge in [0.2, 0.25) is 5.91 Å². The minimum absolute atomic E-state index is 0.158. The van der Waals surface area contributed by atoms with Crippen molar-refractivity contribution in [1.29, 1.82) is 0 Å². The molecule has 11 heavy (non-hydrogen) atoms. The van der Waals surface area contributed by atoms with Gasteiger partial charge in [-0.25, -0.2) is 0 Å². The van der Waals surface area contributed by atoms with E-state index in [4.69, 9.17) is 0 Å². The zero-order chi connectivity index (χ0) is 8.69. The Morgan fingerprint density at radius 1 is 1.64 bits per heavy atom. The number of halogens is 1. The molecule has 0 aliphatic carbocycles. The average molecular weight is 222 g/mol. The topological polar surface area (TPSA) is 29.1 Å². The number of hydrogen-bond acceptors (Lipinski definition) is 1. The van der Waals surface area contributed by atoms with E-state index in [9.17, 15) is 4.79 Å². The van der Waals surface area contributed by atoms with Crippen molar-refractivity contribution >= 4 is 21.8 Å². The Balaban J connectivity index is 3.36. The van der Waals surface area contributed by atoms with Crippen molar-refractivity contribution in [3.63, 3.8) is 0 Å². The molecule has 0 radical (unpaired) electrons. The zero-order valence-corrected chi connectivity index (χ0v) is 8.78. The first-order valence-electron chi connectivity index (χ1n) is 4.06. The maximum Gasteiger partial charge on any atom is 0.222 e. The number of carbonyl (C=O) groups excluding carboxylic acids is 1. The van der Waals surface area contributed by atoms with Crippen LogP contribution < -0.4 is 5.32 Å². The lowest BCUT2D eigenvalue weighted by Gasteiger charge is -2.08. The predicted octanol–water partition coefficient (Wildman–Crippen LogP) is 1.93. The molecule has 2 nitrogen and oxygen atoms in total. The number of alkyl halides is 1. The van der Waals surface area contributed by atoms with Crippen LogP contribution in [-0.2, 0) is 4.79 Å². The summed E-state index contributed by atoms with van der Waals surface area (Å²) in [7, 11) is 0. The summed E-state index contributed by atoms with van der Waals surface area (Å²) in [5.74, 6) is 0.332. The molecule has 0 saturated heterocycles. The molecule has 3 heteroatoms. The lowest BCUT2D eigenvalue weighted by molar-refractivity contribution is -0.124. The Morgan fingerprint density at radius 2 is 2.27 bits per heavy atom. The molecule has 0 bridgehead atoms. The fourth-order valence-electron chi connectivity index (χ4n) is 0.638. The quantitative estimate of drug-likeness (QED) is 0.559. The van der Waals surface area contributed by atoms with Crippen LogP contribution >= 0.6 is 15.9 Å². The maximum atomic E-state index is 11.1. The molecule has 0 aromatic carbocycles. The fourth-order valence-corrected chi connectivity index (χ4v) is 0.918. The minimum Gasteiger partial charge on any atom is -0.356 e. The van der Waals surface area contributed by atoms with Crippen LogP contribution in [0.25, 0.3) is 0 Å². The van der Waals surface area contributed by atoms with Gasteiger partial charge in [0.15, 0.2) is 0 Å². The van der Waals surface area contributed by atoms with E-state index in [0.29, 0.717) is 0 Å². The average Bonchev–Trinajstić information content (AvgIpc) is 2.03. The standard InChI is InChI=1S/C8H16BrNO/c1-3-7(2)8(11)10-6-4-5-9/h7H,3-6H2,1-2H3,(H,10,11). The highest BCUT2D eigenvalue weighted by Crippen LogP contribution is 1.99. The van der Waals surface area contributed by atoms with E-state index >= 15 is 0 Å². The van der Waals surface area contributed by atoms with Crippen LogP contribution in [0, 0.1) is 5.92 Å². The van der Waals surface area contributed by atoms with Gasteiger partial charge in [-0.3, -0.25) is 4.79 Å². The Morgan fingerprint density at radius 3 is 2.73 bits per heavy atom. The van der Waals surface area contributed by atoms with E-state index in [1.54, 1.807) is 0 Å². The molecule has 0 heterocycles. The fraction of sp³-hybridized carbons (Fsp3) is 0.875. The van der Waals surface area contributed by atoms with Crippen molar-refractivity contribution in [3.05, 3.63) is 0 Å². The van der Waals surface area contributed by atoms with Crippen molar-refractivity contribution in [2.45, 2.75) is 26.7 Å². The number of amides is 1. The molecule has 0 rings (SSSR count). The van der Waals surface area contributed by atoms with Gasteiger partial charge in [-0.1, -0.05) is 29.8 Å². The molecule has 0 aromatic heterocycles. The Kier molecular flexibility index (Phi) is 6.62. The molecule has 0 aromatic rings.